The topological polar surface area (TPSA) is 23.9 Å². The summed E-state index contributed by atoms with van der Waals surface area (Å²) < 4.78 is 0. The van der Waals surface area contributed by atoms with Crippen molar-refractivity contribution in [2.75, 3.05) is 0 Å². The second-order valence-electron chi connectivity index (χ2n) is 3.77. The van der Waals surface area contributed by atoms with Gasteiger partial charge in [-0.3, -0.25) is 0 Å². The van der Waals surface area contributed by atoms with E-state index in [1.54, 1.807) is 4.88 Å². The molecule has 1 aliphatic rings. The summed E-state index contributed by atoms with van der Waals surface area (Å²) in [7, 11) is 0. The third-order valence-corrected chi connectivity index (χ3v) is 3.93. The van der Waals surface area contributed by atoms with Crippen LogP contribution in [0.3, 0.4) is 0 Å². The number of aryl methyl sites for hydroxylation is 2. The predicted octanol–water partition coefficient (Wildman–Crippen LogP) is 3.32. The van der Waals surface area contributed by atoms with Crippen molar-refractivity contribution in [2.24, 2.45) is 0 Å². The lowest BCUT2D eigenvalue weighted by molar-refractivity contribution is 0.696. The molecule has 2 rings (SSSR count). The number of fused-ring (bicyclic) bond motifs is 1. The van der Waals surface area contributed by atoms with Gasteiger partial charge in [0.05, 0.1) is 0 Å². The SMILES string of the molecule is CC(=N)c1c(C)sc2c1CCCC2. The highest BCUT2D eigenvalue weighted by atomic mass is 32.1. The third kappa shape index (κ3) is 1.44. The van der Waals surface area contributed by atoms with Crippen LogP contribution in [0.5, 0.6) is 0 Å². The van der Waals surface area contributed by atoms with Crippen molar-refractivity contribution in [3.05, 3.63) is 20.9 Å². The van der Waals surface area contributed by atoms with E-state index in [2.05, 4.69) is 6.92 Å². The molecule has 70 valence electrons. The summed E-state index contributed by atoms with van der Waals surface area (Å²) >= 11 is 1.90. The summed E-state index contributed by atoms with van der Waals surface area (Å²) in [5, 5.41) is 7.74. The van der Waals surface area contributed by atoms with E-state index in [1.165, 1.54) is 41.7 Å². The first kappa shape index (κ1) is 8.95. The number of hydrogen-bond donors (Lipinski definition) is 1. The van der Waals surface area contributed by atoms with Gasteiger partial charge in [-0.15, -0.1) is 11.3 Å². The Labute approximate surface area is 83.3 Å². The molecule has 1 aromatic rings. The predicted molar refractivity (Wildman–Crippen MR) is 58.2 cm³/mol. The average molecular weight is 193 g/mol. The van der Waals surface area contributed by atoms with Gasteiger partial charge in [0.25, 0.3) is 0 Å². The van der Waals surface area contributed by atoms with Gasteiger partial charge in [-0.1, -0.05) is 0 Å². The summed E-state index contributed by atoms with van der Waals surface area (Å²) in [4.78, 5) is 2.89. The molecule has 1 aliphatic carbocycles. The Morgan fingerprint density at radius 1 is 1.31 bits per heavy atom. The van der Waals surface area contributed by atoms with Crippen LogP contribution in [0.2, 0.25) is 0 Å². The van der Waals surface area contributed by atoms with Gasteiger partial charge in [0, 0.05) is 21.0 Å². The molecule has 13 heavy (non-hydrogen) atoms. The fourth-order valence-corrected chi connectivity index (χ4v) is 3.52. The Kier molecular flexibility index (Phi) is 2.24. The van der Waals surface area contributed by atoms with Gasteiger partial charge in [-0.2, -0.15) is 0 Å². The van der Waals surface area contributed by atoms with Crippen LogP contribution in [-0.4, -0.2) is 5.71 Å². The van der Waals surface area contributed by atoms with Crippen molar-refractivity contribution in [3.63, 3.8) is 0 Å². The molecule has 1 N–H and O–H groups in total. The van der Waals surface area contributed by atoms with Gasteiger partial charge in [0.1, 0.15) is 0 Å². The highest BCUT2D eigenvalue weighted by Gasteiger charge is 2.19. The van der Waals surface area contributed by atoms with E-state index in [0.717, 1.165) is 5.71 Å². The minimum atomic E-state index is 0.747. The van der Waals surface area contributed by atoms with Crippen LogP contribution in [0, 0.1) is 12.3 Å². The van der Waals surface area contributed by atoms with Crippen LogP contribution < -0.4 is 0 Å². The molecule has 0 amide bonds. The van der Waals surface area contributed by atoms with Crippen molar-refractivity contribution in [1.29, 1.82) is 5.41 Å². The molecule has 0 aromatic carbocycles. The second kappa shape index (κ2) is 3.26. The Morgan fingerprint density at radius 3 is 2.69 bits per heavy atom. The first-order chi connectivity index (χ1) is 6.20. The van der Waals surface area contributed by atoms with Crippen molar-refractivity contribution < 1.29 is 0 Å². The van der Waals surface area contributed by atoms with Crippen LogP contribution in [0.1, 0.15) is 40.6 Å². The number of thiophene rings is 1. The fraction of sp³-hybridized carbons (Fsp3) is 0.545. The Morgan fingerprint density at radius 2 is 2.00 bits per heavy atom. The monoisotopic (exact) mass is 193 g/mol. The van der Waals surface area contributed by atoms with Crippen LogP contribution >= 0.6 is 11.3 Å². The summed E-state index contributed by atoms with van der Waals surface area (Å²) in [5.41, 5.74) is 3.48. The minimum absolute atomic E-state index is 0.747. The maximum Gasteiger partial charge on any atom is 0.0369 e. The molecule has 0 bridgehead atoms. The van der Waals surface area contributed by atoms with Crippen molar-refractivity contribution >= 4 is 17.0 Å². The molecule has 2 heteroatoms. The van der Waals surface area contributed by atoms with Crippen molar-refractivity contribution in [2.45, 2.75) is 39.5 Å². The van der Waals surface area contributed by atoms with Gasteiger partial charge < -0.3 is 5.41 Å². The molecule has 0 atom stereocenters. The Balaban J connectivity index is 2.54. The zero-order valence-corrected chi connectivity index (χ0v) is 9.05. The Bertz CT molecular complexity index is 349. The smallest absolute Gasteiger partial charge is 0.0369 e. The van der Waals surface area contributed by atoms with E-state index in [1.807, 2.05) is 18.3 Å². The molecular weight excluding hydrogens is 178 g/mol. The first-order valence-corrected chi connectivity index (χ1v) is 5.68. The standard InChI is InChI=1S/C11H15NS/c1-7(12)11-8(2)13-10-6-4-3-5-9(10)11/h12H,3-6H2,1-2H3. The normalized spacial score (nSPS) is 15.5. The number of hydrogen-bond acceptors (Lipinski definition) is 2. The van der Waals surface area contributed by atoms with Gasteiger partial charge in [0.2, 0.25) is 0 Å². The molecular formula is C11H15NS. The van der Waals surface area contributed by atoms with Gasteiger partial charge in [-0.25, -0.2) is 0 Å². The lowest BCUT2D eigenvalue weighted by Gasteiger charge is -2.12. The van der Waals surface area contributed by atoms with Gasteiger partial charge in [-0.05, 0) is 45.1 Å². The Hall–Kier alpha value is -0.630. The summed E-state index contributed by atoms with van der Waals surface area (Å²) in [6.07, 6.45) is 5.09. The van der Waals surface area contributed by atoms with Gasteiger partial charge >= 0.3 is 0 Å². The van der Waals surface area contributed by atoms with E-state index in [-0.39, 0.29) is 0 Å². The largest absolute Gasteiger partial charge is 0.305 e. The highest BCUT2D eigenvalue weighted by Crippen LogP contribution is 2.33. The zero-order chi connectivity index (χ0) is 9.42. The van der Waals surface area contributed by atoms with E-state index in [9.17, 15) is 0 Å². The third-order valence-electron chi connectivity index (χ3n) is 2.72. The van der Waals surface area contributed by atoms with E-state index in [4.69, 9.17) is 5.41 Å². The lowest BCUT2D eigenvalue weighted by atomic mass is 9.93. The summed E-state index contributed by atoms with van der Waals surface area (Å²) in [6, 6.07) is 0. The van der Waals surface area contributed by atoms with E-state index >= 15 is 0 Å². The molecule has 0 saturated carbocycles. The molecule has 1 heterocycles. The molecule has 1 nitrogen and oxygen atoms in total. The highest BCUT2D eigenvalue weighted by molar-refractivity contribution is 7.12. The molecule has 0 spiro atoms. The number of nitrogens with one attached hydrogen (secondary N) is 1. The average Bonchev–Trinajstić information content (AvgIpc) is 2.39. The molecule has 0 unspecified atom stereocenters. The maximum absolute atomic E-state index is 7.74. The van der Waals surface area contributed by atoms with Crippen LogP contribution in [0.25, 0.3) is 0 Å². The molecule has 0 saturated heterocycles. The van der Waals surface area contributed by atoms with Gasteiger partial charge in [0.15, 0.2) is 0 Å². The maximum atomic E-state index is 7.74. The second-order valence-corrected chi connectivity index (χ2v) is 5.08. The number of rotatable bonds is 1. The molecule has 1 aromatic heterocycles. The quantitative estimate of drug-likeness (QED) is 0.662. The van der Waals surface area contributed by atoms with Crippen LogP contribution in [0.4, 0.5) is 0 Å². The van der Waals surface area contributed by atoms with E-state index < -0.39 is 0 Å². The zero-order valence-electron chi connectivity index (χ0n) is 8.24. The first-order valence-electron chi connectivity index (χ1n) is 4.87. The van der Waals surface area contributed by atoms with E-state index in [0.29, 0.717) is 0 Å². The lowest BCUT2D eigenvalue weighted by Crippen LogP contribution is -2.04. The van der Waals surface area contributed by atoms with Crippen LogP contribution in [0.15, 0.2) is 0 Å². The van der Waals surface area contributed by atoms with Crippen molar-refractivity contribution in [3.8, 4) is 0 Å². The summed E-state index contributed by atoms with van der Waals surface area (Å²) in [6.45, 7) is 4.06. The molecule has 0 radical (unpaired) electrons. The summed E-state index contributed by atoms with van der Waals surface area (Å²) in [5.74, 6) is 0. The minimum Gasteiger partial charge on any atom is -0.305 e. The fourth-order valence-electron chi connectivity index (χ4n) is 2.19. The van der Waals surface area contributed by atoms with Crippen LogP contribution in [-0.2, 0) is 12.8 Å². The molecule has 0 aliphatic heterocycles. The molecule has 0 fully saturated rings. The van der Waals surface area contributed by atoms with Crippen molar-refractivity contribution in [1.82, 2.24) is 0 Å².